The van der Waals surface area contributed by atoms with Crippen molar-refractivity contribution >= 4 is 40.2 Å². The van der Waals surface area contributed by atoms with Crippen molar-refractivity contribution in [1.29, 1.82) is 0 Å². The number of ether oxygens (including phenoxy) is 2. The summed E-state index contributed by atoms with van der Waals surface area (Å²) in [5.41, 5.74) is 6.70. The Labute approximate surface area is 175 Å². The highest BCUT2D eigenvalue weighted by Crippen LogP contribution is 2.37. The Morgan fingerprint density at radius 2 is 2.03 bits per heavy atom. The summed E-state index contributed by atoms with van der Waals surface area (Å²) >= 11 is -2.42. The van der Waals surface area contributed by atoms with Gasteiger partial charge in [0.2, 0.25) is 0 Å². The number of allylic oxidation sites excluding steroid dienone is 1. The van der Waals surface area contributed by atoms with E-state index in [1.165, 1.54) is 19.2 Å². The minimum absolute atomic E-state index is 0.0556. The van der Waals surface area contributed by atoms with Crippen molar-refractivity contribution in [2.45, 2.75) is 19.3 Å². The van der Waals surface area contributed by atoms with E-state index in [-0.39, 0.29) is 22.7 Å². The van der Waals surface area contributed by atoms with Crippen LogP contribution in [0.5, 0.6) is 11.5 Å². The maximum absolute atomic E-state index is 12.4. The summed E-state index contributed by atoms with van der Waals surface area (Å²) in [6, 6.07) is 9.57. The van der Waals surface area contributed by atoms with Crippen LogP contribution in [0.2, 0.25) is 0 Å². The lowest BCUT2D eigenvalue weighted by Gasteiger charge is -2.18. The monoisotopic (exact) mass is 431 g/mol. The van der Waals surface area contributed by atoms with Gasteiger partial charge in [-0.05, 0) is 43.5 Å². The minimum Gasteiger partial charge on any atom is -0.497 e. The first kappa shape index (κ1) is 21.3. The summed E-state index contributed by atoms with van der Waals surface area (Å²) in [6.07, 6.45) is 4.05. The molecule has 158 valence electrons. The number of nitrogens with two attached hydrogens (primary N) is 1. The number of amides is 1. The third kappa shape index (κ3) is 4.97. The van der Waals surface area contributed by atoms with Crippen LogP contribution in [0, 0.1) is 0 Å². The Morgan fingerprint density at radius 3 is 2.67 bits per heavy atom. The first-order valence-electron chi connectivity index (χ1n) is 9.05. The van der Waals surface area contributed by atoms with Crippen LogP contribution in [-0.2, 0) is 16.1 Å². The molecule has 0 aliphatic heterocycles. The standard InChI is InChI=1S/C20H21N3O6S/c1-28-14-8-4-7-13(11-14)22-18-15(23-30(26)27)9-10-16(17(18)19(21)24)29-20(25)12-5-2-3-6-12/h4-5,7-11,22-23H,2-3,6H2,1H3,(H2,21,24)(H,26,27). The zero-order valence-electron chi connectivity index (χ0n) is 16.1. The van der Waals surface area contributed by atoms with Crippen LogP contribution in [0.3, 0.4) is 0 Å². The molecular formula is C20H21N3O6S. The Balaban J connectivity index is 2.06. The van der Waals surface area contributed by atoms with E-state index in [0.717, 1.165) is 12.8 Å². The van der Waals surface area contributed by atoms with Crippen LogP contribution < -0.4 is 25.2 Å². The van der Waals surface area contributed by atoms with E-state index in [4.69, 9.17) is 15.2 Å². The van der Waals surface area contributed by atoms with Gasteiger partial charge in [-0.2, -0.15) is 0 Å². The number of nitrogens with one attached hydrogen (secondary N) is 2. The van der Waals surface area contributed by atoms with Crippen molar-refractivity contribution in [3.8, 4) is 11.5 Å². The molecule has 2 aromatic rings. The molecule has 2 aromatic carbocycles. The SMILES string of the molecule is COc1cccc(Nc2c(NS(=O)O)ccc(OC(=O)C3=CCCC3)c2C(N)=O)c1. The average Bonchev–Trinajstić information content (AvgIpc) is 3.24. The normalized spacial score (nSPS) is 13.9. The molecular weight excluding hydrogens is 410 g/mol. The van der Waals surface area contributed by atoms with Crippen molar-refractivity contribution in [3.05, 3.63) is 53.6 Å². The van der Waals surface area contributed by atoms with Crippen LogP contribution in [0.25, 0.3) is 0 Å². The average molecular weight is 431 g/mol. The van der Waals surface area contributed by atoms with Gasteiger partial charge < -0.3 is 20.5 Å². The molecule has 0 bridgehead atoms. The molecule has 1 amide bonds. The molecule has 30 heavy (non-hydrogen) atoms. The second-order valence-electron chi connectivity index (χ2n) is 6.44. The summed E-state index contributed by atoms with van der Waals surface area (Å²) in [6.45, 7) is 0. The smallest absolute Gasteiger partial charge is 0.339 e. The number of carbonyl (C=O) groups excluding carboxylic acids is 2. The number of rotatable bonds is 8. The van der Waals surface area contributed by atoms with Gasteiger partial charge in [0.05, 0.1) is 18.5 Å². The van der Waals surface area contributed by atoms with Crippen LogP contribution in [0.1, 0.15) is 29.6 Å². The second kappa shape index (κ2) is 9.42. The number of carbonyl (C=O) groups is 2. The van der Waals surface area contributed by atoms with Gasteiger partial charge in [-0.25, -0.2) is 9.00 Å². The van der Waals surface area contributed by atoms with Crippen LogP contribution in [0.15, 0.2) is 48.0 Å². The van der Waals surface area contributed by atoms with Crippen molar-refractivity contribution in [2.75, 3.05) is 17.1 Å². The van der Waals surface area contributed by atoms with Crippen molar-refractivity contribution in [2.24, 2.45) is 5.73 Å². The van der Waals surface area contributed by atoms with Gasteiger partial charge in [-0.1, -0.05) is 12.1 Å². The largest absolute Gasteiger partial charge is 0.497 e. The number of hydrogen-bond donors (Lipinski definition) is 4. The van der Waals surface area contributed by atoms with Crippen molar-refractivity contribution < 1.29 is 27.8 Å². The summed E-state index contributed by atoms with van der Waals surface area (Å²) < 4.78 is 33.6. The maximum Gasteiger partial charge on any atom is 0.339 e. The quantitative estimate of drug-likeness (QED) is 0.286. The molecule has 0 heterocycles. The van der Waals surface area contributed by atoms with E-state index in [2.05, 4.69) is 10.0 Å². The molecule has 10 heteroatoms. The highest BCUT2D eigenvalue weighted by molar-refractivity contribution is 7.80. The fourth-order valence-corrected chi connectivity index (χ4v) is 3.45. The van der Waals surface area contributed by atoms with Gasteiger partial charge in [0, 0.05) is 17.3 Å². The molecule has 0 spiro atoms. The molecule has 0 fully saturated rings. The molecule has 1 atom stereocenters. The summed E-state index contributed by atoms with van der Waals surface area (Å²) in [4.78, 5) is 24.7. The van der Waals surface area contributed by atoms with E-state index in [1.807, 2.05) is 0 Å². The Morgan fingerprint density at radius 1 is 1.23 bits per heavy atom. The maximum atomic E-state index is 12.4. The molecule has 0 saturated carbocycles. The van der Waals surface area contributed by atoms with Gasteiger partial charge >= 0.3 is 5.97 Å². The predicted octanol–water partition coefficient (Wildman–Crippen LogP) is 3.10. The third-order valence-electron chi connectivity index (χ3n) is 4.46. The molecule has 0 radical (unpaired) electrons. The fraction of sp³-hybridized carbons (Fsp3) is 0.200. The van der Waals surface area contributed by atoms with Gasteiger partial charge in [0.25, 0.3) is 17.2 Å². The molecule has 1 aliphatic carbocycles. The zero-order valence-corrected chi connectivity index (χ0v) is 17.0. The fourth-order valence-electron chi connectivity index (χ4n) is 3.09. The molecule has 1 unspecified atom stereocenters. The lowest BCUT2D eigenvalue weighted by Crippen LogP contribution is -2.19. The van der Waals surface area contributed by atoms with Crippen molar-refractivity contribution in [3.63, 3.8) is 0 Å². The summed E-state index contributed by atoms with van der Waals surface area (Å²) in [5.74, 6) is -0.943. The molecule has 0 aromatic heterocycles. The third-order valence-corrected chi connectivity index (χ3v) is 4.85. The van der Waals surface area contributed by atoms with E-state index < -0.39 is 23.1 Å². The first-order chi connectivity index (χ1) is 14.4. The van der Waals surface area contributed by atoms with Crippen molar-refractivity contribution in [1.82, 2.24) is 0 Å². The summed E-state index contributed by atoms with van der Waals surface area (Å²) in [5, 5.41) is 2.99. The molecule has 9 nitrogen and oxygen atoms in total. The number of methoxy groups -OCH3 is 1. The molecule has 3 rings (SSSR count). The Kier molecular flexibility index (Phi) is 6.70. The number of esters is 1. The Bertz CT molecular complexity index is 1040. The minimum atomic E-state index is -2.42. The molecule has 0 saturated heterocycles. The second-order valence-corrected chi connectivity index (χ2v) is 7.15. The zero-order chi connectivity index (χ0) is 21.7. The van der Waals surface area contributed by atoms with E-state index >= 15 is 0 Å². The van der Waals surface area contributed by atoms with E-state index in [9.17, 15) is 18.4 Å². The molecule has 5 N–H and O–H groups in total. The van der Waals surface area contributed by atoms with E-state index in [1.54, 1.807) is 30.3 Å². The first-order valence-corrected chi connectivity index (χ1v) is 10.2. The molecule has 1 aliphatic rings. The van der Waals surface area contributed by atoms with Gasteiger partial charge in [0.15, 0.2) is 0 Å². The highest BCUT2D eigenvalue weighted by atomic mass is 32.2. The van der Waals surface area contributed by atoms with Crippen LogP contribution in [0.4, 0.5) is 17.1 Å². The van der Waals surface area contributed by atoms with Crippen LogP contribution >= 0.6 is 0 Å². The van der Waals surface area contributed by atoms with Gasteiger partial charge in [-0.3, -0.25) is 14.1 Å². The number of anilines is 3. The predicted molar refractivity (Wildman–Crippen MR) is 113 cm³/mol. The number of benzene rings is 2. The number of hydrogen-bond acceptors (Lipinski definition) is 6. The lowest BCUT2D eigenvalue weighted by molar-refractivity contribution is -0.130. The number of primary amides is 1. The van der Waals surface area contributed by atoms with E-state index in [0.29, 0.717) is 23.4 Å². The Hall–Kier alpha value is -3.37. The highest BCUT2D eigenvalue weighted by Gasteiger charge is 2.24. The summed E-state index contributed by atoms with van der Waals surface area (Å²) in [7, 11) is 1.51. The lowest BCUT2D eigenvalue weighted by atomic mass is 10.1. The topological polar surface area (TPSA) is 140 Å². The van der Waals surface area contributed by atoms with Gasteiger partial charge in [-0.15, -0.1) is 0 Å². The van der Waals surface area contributed by atoms with Crippen LogP contribution in [-0.4, -0.2) is 27.7 Å². The van der Waals surface area contributed by atoms with Gasteiger partial charge in [0.1, 0.15) is 17.1 Å².